The summed E-state index contributed by atoms with van der Waals surface area (Å²) in [7, 11) is 0. The van der Waals surface area contributed by atoms with Crippen molar-refractivity contribution in [2.75, 3.05) is 26.2 Å². The molecule has 1 N–H and O–H groups in total. The lowest BCUT2D eigenvalue weighted by atomic mass is 10.1. The fraction of sp³-hybridized carbons (Fsp3) is 0.941. The van der Waals surface area contributed by atoms with Crippen LogP contribution < -0.4 is 0 Å². The van der Waals surface area contributed by atoms with E-state index in [1.165, 1.54) is 19.3 Å². The molecule has 0 spiro atoms. The van der Waals surface area contributed by atoms with E-state index in [0.29, 0.717) is 12.8 Å². The molecule has 0 amide bonds. The average molecular weight is 570 g/mol. The number of hydrogen-bond acceptors (Lipinski definition) is 6. The number of aliphatic hydroxyl groups is 1. The second-order valence-corrected chi connectivity index (χ2v) is 11.8. The SMILES string of the molecule is CCCCCC(CCCC)OC(=O)CCCCCCCN(CCO)CCCCCCCC(=O)OC(C)CCCC. The van der Waals surface area contributed by atoms with E-state index in [1.807, 2.05) is 6.92 Å². The topological polar surface area (TPSA) is 76.1 Å². The van der Waals surface area contributed by atoms with E-state index in [2.05, 4.69) is 25.7 Å². The highest BCUT2D eigenvalue weighted by atomic mass is 16.5. The maximum atomic E-state index is 12.3. The van der Waals surface area contributed by atoms with Crippen molar-refractivity contribution >= 4 is 11.9 Å². The summed E-state index contributed by atoms with van der Waals surface area (Å²) in [5.41, 5.74) is 0. The van der Waals surface area contributed by atoms with Crippen molar-refractivity contribution in [3.63, 3.8) is 0 Å². The van der Waals surface area contributed by atoms with E-state index >= 15 is 0 Å². The molecule has 0 fully saturated rings. The summed E-state index contributed by atoms with van der Waals surface area (Å²) in [6, 6.07) is 0. The van der Waals surface area contributed by atoms with E-state index in [0.717, 1.165) is 129 Å². The third-order valence-corrected chi connectivity index (χ3v) is 7.73. The van der Waals surface area contributed by atoms with Crippen molar-refractivity contribution in [3.05, 3.63) is 0 Å². The highest BCUT2D eigenvalue weighted by Gasteiger charge is 2.14. The van der Waals surface area contributed by atoms with Crippen LogP contribution >= 0.6 is 0 Å². The van der Waals surface area contributed by atoms with Gasteiger partial charge in [0.1, 0.15) is 6.10 Å². The maximum Gasteiger partial charge on any atom is 0.306 e. The number of aliphatic hydroxyl groups excluding tert-OH is 1. The van der Waals surface area contributed by atoms with Crippen LogP contribution in [0.4, 0.5) is 0 Å². The Morgan fingerprint density at radius 2 is 1.05 bits per heavy atom. The summed E-state index contributed by atoms with van der Waals surface area (Å²) in [4.78, 5) is 26.6. The average Bonchev–Trinajstić information content (AvgIpc) is 2.93. The fourth-order valence-electron chi connectivity index (χ4n) is 5.14. The number of carbonyl (C=O) groups excluding carboxylic acids is 2. The predicted octanol–water partition coefficient (Wildman–Crippen LogP) is 8.77. The number of unbranched alkanes of at least 4 members (excludes halogenated alkanes) is 12. The lowest BCUT2D eigenvalue weighted by molar-refractivity contribution is -0.150. The van der Waals surface area contributed by atoms with E-state index in [-0.39, 0.29) is 30.8 Å². The van der Waals surface area contributed by atoms with Gasteiger partial charge in [-0.1, -0.05) is 97.8 Å². The van der Waals surface area contributed by atoms with Crippen molar-refractivity contribution in [2.45, 2.75) is 181 Å². The van der Waals surface area contributed by atoms with Crippen LogP contribution in [0, 0.1) is 0 Å². The van der Waals surface area contributed by atoms with Crippen molar-refractivity contribution in [2.24, 2.45) is 0 Å². The summed E-state index contributed by atoms with van der Waals surface area (Å²) in [5.74, 6) is -0.0600. The second-order valence-electron chi connectivity index (χ2n) is 11.8. The Kier molecular flexibility index (Phi) is 28.5. The van der Waals surface area contributed by atoms with Gasteiger partial charge in [0.05, 0.1) is 12.7 Å². The van der Waals surface area contributed by atoms with Gasteiger partial charge in [0.15, 0.2) is 0 Å². The number of ether oxygens (including phenoxy) is 2. The molecule has 0 rings (SSSR count). The van der Waals surface area contributed by atoms with Crippen LogP contribution in [0.25, 0.3) is 0 Å². The van der Waals surface area contributed by atoms with Crippen LogP contribution in [0.2, 0.25) is 0 Å². The Morgan fingerprint density at radius 1 is 0.575 bits per heavy atom. The third-order valence-electron chi connectivity index (χ3n) is 7.73. The molecule has 0 aromatic carbocycles. The molecule has 0 heterocycles. The van der Waals surface area contributed by atoms with Gasteiger partial charge in [-0.05, 0) is 71.4 Å². The van der Waals surface area contributed by atoms with Crippen molar-refractivity contribution in [3.8, 4) is 0 Å². The minimum Gasteiger partial charge on any atom is -0.463 e. The van der Waals surface area contributed by atoms with Crippen molar-refractivity contribution in [1.82, 2.24) is 4.90 Å². The van der Waals surface area contributed by atoms with Crippen LogP contribution in [0.5, 0.6) is 0 Å². The summed E-state index contributed by atoms with van der Waals surface area (Å²) in [6.45, 7) is 11.5. The first-order valence-corrected chi connectivity index (χ1v) is 17.2. The van der Waals surface area contributed by atoms with E-state index in [4.69, 9.17) is 9.47 Å². The number of hydrogen-bond donors (Lipinski definition) is 1. The Morgan fingerprint density at radius 3 is 1.60 bits per heavy atom. The van der Waals surface area contributed by atoms with E-state index in [9.17, 15) is 14.7 Å². The van der Waals surface area contributed by atoms with Gasteiger partial charge in [0.2, 0.25) is 0 Å². The smallest absolute Gasteiger partial charge is 0.306 e. The van der Waals surface area contributed by atoms with E-state index in [1.54, 1.807) is 0 Å². The van der Waals surface area contributed by atoms with Crippen LogP contribution in [-0.4, -0.2) is 60.4 Å². The number of rotatable bonds is 30. The molecule has 238 valence electrons. The largest absolute Gasteiger partial charge is 0.463 e. The van der Waals surface area contributed by atoms with Crippen molar-refractivity contribution in [1.29, 1.82) is 0 Å². The molecule has 0 saturated carbocycles. The number of nitrogens with zero attached hydrogens (tertiary/aromatic N) is 1. The molecule has 40 heavy (non-hydrogen) atoms. The van der Waals surface area contributed by atoms with E-state index < -0.39 is 0 Å². The van der Waals surface area contributed by atoms with Crippen LogP contribution in [0.1, 0.15) is 169 Å². The Hall–Kier alpha value is -1.14. The molecule has 0 saturated heterocycles. The zero-order valence-corrected chi connectivity index (χ0v) is 27.1. The molecule has 0 aliphatic carbocycles. The second kappa shape index (κ2) is 29.4. The summed E-state index contributed by atoms with van der Waals surface area (Å²) >= 11 is 0. The highest BCUT2D eigenvalue weighted by Crippen LogP contribution is 2.16. The summed E-state index contributed by atoms with van der Waals surface area (Å²) < 4.78 is 11.3. The van der Waals surface area contributed by atoms with Gasteiger partial charge >= 0.3 is 11.9 Å². The molecule has 2 unspecified atom stereocenters. The molecule has 0 aromatic rings. The van der Waals surface area contributed by atoms with Gasteiger partial charge in [-0.2, -0.15) is 0 Å². The summed E-state index contributed by atoms with van der Waals surface area (Å²) in [6.07, 6.45) is 23.2. The lowest BCUT2D eigenvalue weighted by Crippen LogP contribution is -2.29. The quantitative estimate of drug-likeness (QED) is 0.0688. The van der Waals surface area contributed by atoms with Gasteiger partial charge in [-0.15, -0.1) is 0 Å². The van der Waals surface area contributed by atoms with Crippen LogP contribution in [0.15, 0.2) is 0 Å². The zero-order chi connectivity index (χ0) is 29.7. The molecule has 6 nitrogen and oxygen atoms in total. The third kappa shape index (κ3) is 25.8. The zero-order valence-electron chi connectivity index (χ0n) is 27.1. The standard InChI is InChI=1S/C34H67NO5/c1-5-8-17-24-32(23-10-7-3)40-34(38)26-19-14-12-16-21-28-35(29-30-36)27-20-15-11-13-18-25-33(37)39-31(4)22-9-6-2/h31-32,36H,5-30H2,1-4H3. The minimum atomic E-state index is -0.0495. The molecule has 6 heteroatoms. The molecule has 0 aromatic heterocycles. The minimum absolute atomic E-state index is 0.0105. The molecule has 0 bridgehead atoms. The molecule has 0 radical (unpaired) electrons. The van der Waals surface area contributed by atoms with Gasteiger partial charge in [0.25, 0.3) is 0 Å². The molecule has 0 aliphatic rings. The Balaban J connectivity index is 3.83. The first-order valence-electron chi connectivity index (χ1n) is 17.2. The summed E-state index contributed by atoms with van der Waals surface area (Å²) in [5, 5.41) is 9.44. The van der Waals surface area contributed by atoms with Gasteiger partial charge in [-0.3, -0.25) is 9.59 Å². The maximum absolute atomic E-state index is 12.3. The molecule has 2 atom stereocenters. The monoisotopic (exact) mass is 570 g/mol. The molecular weight excluding hydrogens is 502 g/mol. The molecule has 0 aliphatic heterocycles. The van der Waals surface area contributed by atoms with Crippen molar-refractivity contribution < 1.29 is 24.2 Å². The highest BCUT2D eigenvalue weighted by molar-refractivity contribution is 5.69. The fourth-order valence-corrected chi connectivity index (χ4v) is 5.14. The first kappa shape index (κ1) is 38.9. The number of esters is 2. The first-order chi connectivity index (χ1) is 19.5. The normalized spacial score (nSPS) is 12.9. The van der Waals surface area contributed by atoms with Crippen LogP contribution in [-0.2, 0) is 19.1 Å². The lowest BCUT2D eigenvalue weighted by Gasteiger charge is -2.21. The van der Waals surface area contributed by atoms with Gasteiger partial charge in [0, 0.05) is 19.4 Å². The Labute approximate surface area is 248 Å². The Bertz CT molecular complexity index is 571. The number of carbonyl (C=O) groups is 2. The molecular formula is C34H67NO5. The van der Waals surface area contributed by atoms with Gasteiger partial charge < -0.3 is 19.5 Å². The predicted molar refractivity (Wildman–Crippen MR) is 168 cm³/mol. The van der Waals surface area contributed by atoms with Gasteiger partial charge in [-0.25, -0.2) is 0 Å². The van der Waals surface area contributed by atoms with Crippen LogP contribution in [0.3, 0.4) is 0 Å².